The molecule has 1 aliphatic heterocycles. The van der Waals surface area contributed by atoms with Crippen molar-refractivity contribution in [3.05, 3.63) is 24.3 Å². The topological polar surface area (TPSA) is 70.7 Å². The molecule has 0 spiro atoms. The van der Waals surface area contributed by atoms with Crippen molar-refractivity contribution in [2.75, 3.05) is 30.5 Å². The average molecular weight is 319 g/mol. The predicted octanol–water partition coefficient (Wildman–Crippen LogP) is 2.75. The zero-order chi connectivity index (χ0) is 16.9. The van der Waals surface area contributed by atoms with Crippen LogP contribution in [0.15, 0.2) is 24.3 Å². The average Bonchev–Trinajstić information content (AvgIpc) is 2.47. The second-order valence-electron chi connectivity index (χ2n) is 6.45. The second-order valence-corrected chi connectivity index (χ2v) is 6.45. The highest BCUT2D eigenvalue weighted by molar-refractivity contribution is 5.95. The van der Waals surface area contributed by atoms with E-state index in [-0.39, 0.29) is 11.9 Å². The molecule has 1 aromatic carbocycles. The van der Waals surface area contributed by atoms with Gasteiger partial charge >= 0.3 is 6.03 Å². The number of rotatable bonds is 5. The third-order valence-electron chi connectivity index (χ3n) is 3.70. The molecule has 1 aliphatic rings. The summed E-state index contributed by atoms with van der Waals surface area (Å²) in [6.45, 7) is 4.93. The normalized spacial score (nSPS) is 15.4. The maximum atomic E-state index is 12.1. The van der Waals surface area contributed by atoms with Crippen LogP contribution in [0.4, 0.5) is 16.2 Å². The summed E-state index contributed by atoms with van der Waals surface area (Å²) in [5, 5.41) is 5.67. The van der Waals surface area contributed by atoms with Crippen molar-refractivity contribution in [2.45, 2.75) is 38.6 Å². The van der Waals surface area contributed by atoms with Gasteiger partial charge in [0.15, 0.2) is 0 Å². The molecule has 2 rings (SSSR count). The van der Waals surface area contributed by atoms with Gasteiger partial charge < -0.3 is 20.3 Å². The third-order valence-corrected chi connectivity index (χ3v) is 3.70. The summed E-state index contributed by atoms with van der Waals surface area (Å²) in [6.07, 6.45) is 2.54. The molecular weight excluding hydrogens is 294 g/mol. The monoisotopic (exact) mass is 319 g/mol. The molecule has 126 valence electrons. The van der Waals surface area contributed by atoms with Crippen molar-refractivity contribution in [2.24, 2.45) is 0 Å². The van der Waals surface area contributed by atoms with E-state index < -0.39 is 5.54 Å². The summed E-state index contributed by atoms with van der Waals surface area (Å²) in [5.74, 6) is 0.138. The molecule has 23 heavy (non-hydrogen) atoms. The molecule has 3 amide bonds. The number of carbonyl (C=O) groups is 2. The molecule has 1 aromatic rings. The SMILES string of the molecule is COCC(C)(C)NC(=O)Nc1cccc(N2CCCCC2=O)c1. The van der Waals surface area contributed by atoms with Crippen molar-refractivity contribution in [3.63, 3.8) is 0 Å². The standard InChI is InChI=1S/C17H25N3O3/c1-17(2,12-23-3)19-16(22)18-13-7-6-8-14(11-13)20-10-5-4-9-15(20)21/h6-8,11H,4-5,9-10,12H2,1-3H3,(H2,18,19,22). The summed E-state index contributed by atoms with van der Waals surface area (Å²) in [6, 6.07) is 7.07. The maximum Gasteiger partial charge on any atom is 0.319 e. The zero-order valence-electron chi connectivity index (χ0n) is 14.0. The summed E-state index contributed by atoms with van der Waals surface area (Å²) in [7, 11) is 1.60. The van der Waals surface area contributed by atoms with Crippen LogP contribution in [0.5, 0.6) is 0 Å². The van der Waals surface area contributed by atoms with Gasteiger partial charge in [0.25, 0.3) is 0 Å². The fraction of sp³-hybridized carbons (Fsp3) is 0.529. The maximum absolute atomic E-state index is 12.1. The minimum absolute atomic E-state index is 0.138. The summed E-state index contributed by atoms with van der Waals surface area (Å²) in [5.41, 5.74) is 1.02. The van der Waals surface area contributed by atoms with E-state index in [9.17, 15) is 9.59 Å². The van der Waals surface area contributed by atoms with Gasteiger partial charge in [-0.1, -0.05) is 6.07 Å². The molecule has 0 unspecified atom stereocenters. The van der Waals surface area contributed by atoms with Crippen LogP contribution in [0, 0.1) is 0 Å². The lowest BCUT2D eigenvalue weighted by Crippen LogP contribution is -2.48. The number of nitrogens with zero attached hydrogens (tertiary/aromatic N) is 1. The number of piperidine rings is 1. The Labute approximate surface area is 137 Å². The van der Waals surface area contributed by atoms with Crippen LogP contribution >= 0.6 is 0 Å². The van der Waals surface area contributed by atoms with Gasteiger partial charge in [-0.3, -0.25) is 4.79 Å². The molecule has 0 radical (unpaired) electrons. The number of ether oxygens (including phenoxy) is 1. The van der Waals surface area contributed by atoms with Crippen molar-refractivity contribution in [3.8, 4) is 0 Å². The van der Waals surface area contributed by atoms with E-state index in [1.54, 1.807) is 18.1 Å². The number of amides is 3. The van der Waals surface area contributed by atoms with Crippen LogP contribution < -0.4 is 15.5 Å². The van der Waals surface area contributed by atoms with Crippen molar-refractivity contribution < 1.29 is 14.3 Å². The first-order chi connectivity index (χ1) is 10.9. The summed E-state index contributed by atoms with van der Waals surface area (Å²) in [4.78, 5) is 25.9. The zero-order valence-corrected chi connectivity index (χ0v) is 14.0. The Morgan fingerprint density at radius 1 is 1.35 bits per heavy atom. The fourth-order valence-corrected chi connectivity index (χ4v) is 2.70. The van der Waals surface area contributed by atoms with Crippen molar-refractivity contribution >= 4 is 23.3 Å². The molecule has 0 bridgehead atoms. The largest absolute Gasteiger partial charge is 0.382 e. The van der Waals surface area contributed by atoms with Gasteiger partial charge in [-0.15, -0.1) is 0 Å². The molecule has 1 fully saturated rings. The Kier molecular flexibility index (Phi) is 5.60. The lowest BCUT2D eigenvalue weighted by Gasteiger charge is -2.27. The predicted molar refractivity (Wildman–Crippen MR) is 90.8 cm³/mol. The number of hydrogen-bond donors (Lipinski definition) is 2. The smallest absolute Gasteiger partial charge is 0.319 e. The van der Waals surface area contributed by atoms with Crippen molar-refractivity contribution in [1.29, 1.82) is 0 Å². The Morgan fingerprint density at radius 3 is 2.83 bits per heavy atom. The molecule has 0 aliphatic carbocycles. The van der Waals surface area contributed by atoms with E-state index >= 15 is 0 Å². The Morgan fingerprint density at radius 2 is 2.13 bits per heavy atom. The van der Waals surface area contributed by atoms with Crippen LogP contribution in [-0.2, 0) is 9.53 Å². The van der Waals surface area contributed by atoms with Crippen LogP contribution in [0.3, 0.4) is 0 Å². The Balaban J connectivity index is 2.02. The van der Waals surface area contributed by atoms with E-state index in [0.717, 1.165) is 25.1 Å². The minimum Gasteiger partial charge on any atom is -0.382 e. The van der Waals surface area contributed by atoms with Gasteiger partial charge in [0, 0.05) is 31.5 Å². The highest BCUT2D eigenvalue weighted by Crippen LogP contribution is 2.23. The molecule has 6 heteroatoms. The van der Waals surface area contributed by atoms with Gasteiger partial charge in [0.1, 0.15) is 0 Å². The molecule has 2 N–H and O–H groups in total. The van der Waals surface area contributed by atoms with Gasteiger partial charge in [-0.05, 0) is 44.9 Å². The second kappa shape index (κ2) is 7.46. The Bertz CT molecular complexity index is 572. The molecule has 6 nitrogen and oxygen atoms in total. The number of hydrogen-bond acceptors (Lipinski definition) is 3. The van der Waals surface area contributed by atoms with Crippen LogP contribution in [0.1, 0.15) is 33.1 Å². The number of anilines is 2. The molecule has 0 atom stereocenters. The highest BCUT2D eigenvalue weighted by Gasteiger charge is 2.21. The van der Waals surface area contributed by atoms with E-state index in [1.165, 1.54) is 0 Å². The first-order valence-corrected chi connectivity index (χ1v) is 7.90. The van der Waals surface area contributed by atoms with Gasteiger partial charge in [-0.25, -0.2) is 4.79 Å². The van der Waals surface area contributed by atoms with Crippen LogP contribution in [-0.4, -0.2) is 37.7 Å². The number of nitrogens with one attached hydrogen (secondary N) is 2. The quantitative estimate of drug-likeness (QED) is 0.876. The van der Waals surface area contributed by atoms with Gasteiger partial charge in [0.05, 0.1) is 12.1 Å². The lowest BCUT2D eigenvalue weighted by atomic mass is 10.1. The fourth-order valence-electron chi connectivity index (χ4n) is 2.70. The van der Waals surface area contributed by atoms with Gasteiger partial charge in [-0.2, -0.15) is 0 Å². The third kappa shape index (κ3) is 4.96. The number of methoxy groups -OCH3 is 1. The van der Waals surface area contributed by atoms with E-state index in [4.69, 9.17) is 4.74 Å². The van der Waals surface area contributed by atoms with E-state index in [1.807, 2.05) is 32.0 Å². The van der Waals surface area contributed by atoms with Crippen molar-refractivity contribution in [1.82, 2.24) is 5.32 Å². The van der Waals surface area contributed by atoms with E-state index in [2.05, 4.69) is 10.6 Å². The first kappa shape index (κ1) is 17.3. The molecule has 0 saturated carbocycles. The lowest BCUT2D eigenvalue weighted by molar-refractivity contribution is -0.119. The highest BCUT2D eigenvalue weighted by atomic mass is 16.5. The minimum atomic E-state index is -0.459. The van der Waals surface area contributed by atoms with Crippen LogP contribution in [0.25, 0.3) is 0 Å². The van der Waals surface area contributed by atoms with Gasteiger partial charge in [0.2, 0.25) is 5.91 Å². The Hall–Kier alpha value is -2.08. The summed E-state index contributed by atoms with van der Waals surface area (Å²) < 4.78 is 5.08. The summed E-state index contributed by atoms with van der Waals surface area (Å²) >= 11 is 0. The number of benzene rings is 1. The van der Waals surface area contributed by atoms with E-state index in [0.29, 0.717) is 18.7 Å². The molecular formula is C17H25N3O3. The first-order valence-electron chi connectivity index (χ1n) is 7.90. The molecule has 1 heterocycles. The van der Waals surface area contributed by atoms with Crippen LogP contribution in [0.2, 0.25) is 0 Å². The molecule has 0 aromatic heterocycles. The molecule has 1 saturated heterocycles. The number of urea groups is 1. The number of carbonyl (C=O) groups excluding carboxylic acids is 2.